The van der Waals surface area contributed by atoms with Gasteiger partial charge in [0, 0.05) is 26.2 Å². The van der Waals surface area contributed by atoms with Gasteiger partial charge in [0.05, 0.1) is 6.20 Å². The van der Waals surface area contributed by atoms with Gasteiger partial charge in [0.15, 0.2) is 5.03 Å². The predicted octanol–water partition coefficient (Wildman–Crippen LogP) is 1.18. The fourth-order valence-corrected chi connectivity index (χ4v) is 3.83. The zero-order valence-electron chi connectivity index (χ0n) is 12.5. The Morgan fingerprint density at radius 1 is 1.35 bits per heavy atom. The molecule has 6 nitrogen and oxygen atoms in total. The van der Waals surface area contributed by atoms with E-state index in [1.807, 2.05) is 13.8 Å². The van der Waals surface area contributed by atoms with Crippen LogP contribution >= 0.6 is 0 Å². The second kappa shape index (κ2) is 6.24. The normalized spacial score (nSPS) is 17.4. The van der Waals surface area contributed by atoms with Crippen molar-refractivity contribution < 1.29 is 8.42 Å². The van der Waals surface area contributed by atoms with Crippen molar-refractivity contribution in [2.45, 2.75) is 37.8 Å². The highest BCUT2D eigenvalue weighted by Gasteiger charge is 2.26. The lowest BCUT2D eigenvalue weighted by Gasteiger charge is -2.22. The molecule has 0 N–H and O–H groups in total. The average molecular weight is 300 g/mol. The van der Waals surface area contributed by atoms with Crippen molar-refractivity contribution in [3.8, 4) is 0 Å². The van der Waals surface area contributed by atoms with Crippen LogP contribution in [-0.2, 0) is 10.0 Å². The summed E-state index contributed by atoms with van der Waals surface area (Å²) in [5, 5.41) is 4.38. The van der Waals surface area contributed by atoms with Crippen molar-refractivity contribution in [2.75, 3.05) is 33.2 Å². The molecule has 1 saturated heterocycles. The van der Waals surface area contributed by atoms with Gasteiger partial charge in [0.25, 0.3) is 10.0 Å². The lowest BCUT2D eigenvalue weighted by atomic mass is 10.4. The summed E-state index contributed by atoms with van der Waals surface area (Å²) < 4.78 is 28.1. The van der Waals surface area contributed by atoms with Crippen molar-refractivity contribution in [1.29, 1.82) is 0 Å². The van der Waals surface area contributed by atoms with E-state index in [1.165, 1.54) is 17.1 Å². The third-order valence-corrected chi connectivity index (χ3v) is 5.58. The Morgan fingerprint density at radius 3 is 2.60 bits per heavy atom. The van der Waals surface area contributed by atoms with E-state index in [4.69, 9.17) is 0 Å². The third-order valence-electron chi connectivity index (χ3n) is 3.73. The highest BCUT2D eigenvalue weighted by Crippen LogP contribution is 2.18. The maximum absolute atomic E-state index is 12.6. The van der Waals surface area contributed by atoms with Gasteiger partial charge in [-0.25, -0.2) is 8.42 Å². The number of hydrogen-bond acceptors (Lipinski definition) is 4. The number of aromatic nitrogens is 2. The summed E-state index contributed by atoms with van der Waals surface area (Å²) in [6.45, 7) is 7.33. The maximum Gasteiger partial charge on any atom is 0.260 e. The third kappa shape index (κ3) is 3.21. The smallest absolute Gasteiger partial charge is 0.260 e. The van der Waals surface area contributed by atoms with Crippen LogP contribution in [0.15, 0.2) is 17.3 Å². The Hall–Kier alpha value is -0.920. The molecule has 0 spiro atoms. The summed E-state index contributed by atoms with van der Waals surface area (Å²) in [6, 6.07) is 1.60. The molecule has 7 heteroatoms. The molecule has 2 heterocycles. The van der Waals surface area contributed by atoms with Gasteiger partial charge in [-0.3, -0.25) is 4.68 Å². The Kier molecular flexibility index (Phi) is 4.82. The zero-order valence-corrected chi connectivity index (χ0v) is 13.3. The van der Waals surface area contributed by atoms with Crippen LogP contribution in [0.25, 0.3) is 0 Å². The van der Waals surface area contributed by atoms with Gasteiger partial charge in [-0.2, -0.15) is 9.40 Å². The first kappa shape index (κ1) is 15.5. The Balaban J connectivity index is 2.06. The van der Waals surface area contributed by atoms with E-state index in [-0.39, 0.29) is 11.1 Å². The molecule has 0 amide bonds. The van der Waals surface area contributed by atoms with Gasteiger partial charge in [0.1, 0.15) is 0 Å². The Morgan fingerprint density at radius 2 is 2.00 bits per heavy atom. The molecule has 0 atom stereocenters. The molecule has 1 aromatic heterocycles. The van der Waals surface area contributed by atoms with Crippen LogP contribution in [0.4, 0.5) is 0 Å². The fraction of sp³-hybridized carbons (Fsp3) is 0.769. The summed E-state index contributed by atoms with van der Waals surface area (Å²) in [5.41, 5.74) is 0. The maximum atomic E-state index is 12.6. The van der Waals surface area contributed by atoms with Gasteiger partial charge in [-0.15, -0.1) is 0 Å². The lowest BCUT2D eigenvalue weighted by Crippen LogP contribution is -2.36. The molecule has 2 rings (SSSR count). The molecule has 114 valence electrons. The quantitative estimate of drug-likeness (QED) is 0.791. The van der Waals surface area contributed by atoms with Crippen LogP contribution in [0.2, 0.25) is 0 Å². The molecule has 1 fully saturated rings. The van der Waals surface area contributed by atoms with Crippen molar-refractivity contribution in [3.63, 3.8) is 0 Å². The van der Waals surface area contributed by atoms with Crippen LogP contribution in [0.5, 0.6) is 0 Å². The lowest BCUT2D eigenvalue weighted by molar-refractivity contribution is 0.308. The van der Waals surface area contributed by atoms with E-state index < -0.39 is 10.0 Å². The predicted molar refractivity (Wildman–Crippen MR) is 78.1 cm³/mol. The number of nitrogens with zero attached hydrogens (tertiary/aromatic N) is 4. The number of hydrogen-bond donors (Lipinski definition) is 0. The van der Waals surface area contributed by atoms with E-state index in [0.717, 1.165) is 19.6 Å². The summed E-state index contributed by atoms with van der Waals surface area (Å²) in [4.78, 5) is 2.31. The molecule has 0 aromatic carbocycles. The standard InChI is InChI=1S/C13H24N4O2S/c1-12(2)17-13(6-7-14-17)20(18,19)15(3)10-11-16-8-4-5-9-16/h6-7,12H,4-5,8-11H2,1-3H3. The first-order chi connectivity index (χ1) is 9.43. The largest absolute Gasteiger partial charge is 0.302 e. The molecule has 1 aromatic rings. The van der Waals surface area contributed by atoms with Gasteiger partial charge in [0.2, 0.25) is 0 Å². The van der Waals surface area contributed by atoms with E-state index in [1.54, 1.807) is 24.0 Å². The van der Waals surface area contributed by atoms with Crippen molar-refractivity contribution in [2.24, 2.45) is 0 Å². The molecule has 20 heavy (non-hydrogen) atoms. The topological polar surface area (TPSA) is 58.4 Å². The minimum Gasteiger partial charge on any atom is -0.302 e. The molecule has 1 aliphatic heterocycles. The van der Waals surface area contributed by atoms with Crippen LogP contribution in [0, 0.1) is 0 Å². The van der Waals surface area contributed by atoms with Crippen LogP contribution < -0.4 is 0 Å². The SMILES string of the molecule is CC(C)n1nccc1S(=O)(=O)N(C)CCN1CCCC1. The summed E-state index contributed by atoms with van der Waals surface area (Å²) in [5.74, 6) is 0. The molecule has 0 unspecified atom stereocenters. The zero-order chi connectivity index (χ0) is 14.8. The summed E-state index contributed by atoms with van der Waals surface area (Å²) in [6.07, 6.45) is 3.98. The van der Waals surface area contributed by atoms with Crippen LogP contribution in [-0.4, -0.2) is 60.6 Å². The van der Waals surface area contributed by atoms with E-state index in [9.17, 15) is 8.42 Å². The summed E-state index contributed by atoms with van der Waals surface area (Å²) >= 11 is 0. The van der Waals surface area contributed by atoms with Crippen LogP contribution in [0.1, 0.15) is 32.7 Å². The average Bonchev–Trinajstić information content (AvgIpc) is 3.06. The molecular weight excluding hydrogens is 276 g/mol. The minimum atomic E-state index is -3.46. The minimum absolute atomic E-state index is 0.0294. The fourth-order valence-electron chi connectivity index (χ4n) is 2.46. The van der Waals surface area contributed by atoms with Crippen LogP contribution in [0.3, 0.4) is 0 Å². The first-order valence-electron chi connectivity index (χ1n) is 7.15. The molecule has 0 radical (unpaired) electrons. The van der Waals surface area contributed by atoms with Crippen molar-refractivity contribution >= 4 is 10.0 Å². The summed E-state index contributed by atoms with van der Waals surface area (Å²) in [7, 11) is -1.81. The van der Waals surface area contributed by atoms with E-state index >= 15 is 0 Å². The van der Waals surface area contributed by atoms with Crippen molar-refractivity contribution in [3.05, 3.63) is 12.3 Å². The van der Waals surface area contributed by atoms with E-state index in [0.29, 0.717) is 6.54 Å². The Labute approximate surface area is 121 Å². The van der Waals surface area contributed by atoms with Gasteiger partial charge >= 0.3 is 0 Å². The van der Waals surface area contributed by atoms with Gasteiger partial charge in [-0.1, -0.05) is 0 Å². The molecule has 1 aliphatic rings. The first-order valence-corrected chi connectivity index (χ1v) is 8.59. The van der Waals surface area contributed by atoms with E-state index in [2.05, 4.69) is 10.00 Å². The molecule has 0 saturated carbocycles. The highest BCUT2D eigenvalue weighted by atomic mass is 32.2. The number of likely N-dealkylation sites (tertiary alicyclic amines) is 1. The molecular formula is C13H24N4O2S. The molecule has 0 aliphatic carbocycles. The van der Waals surface area contributed by atoms with Gasteiger partial charge < -0.3 is 4.90 Å². The molecule has 0 bridgehead atoms. The van der Waals surface area contributed by atoms with Gasteiger partial charge in [-0.05, 0) is 45.8 Å². The number of likely N-dealkylation sites (N-methyl/N-ethyl adjacent to an activating group) is 1. The number of sulfonamides is 1. The monoisotopic (exact) mass is 300 g/mol. The number of rotatable bonds is 6. The second-order valence-corrected chi connectivity index (χ2v) is 7.57. The van der Waals surface area contributed by atoms with Crippen molar-refractivity contribution in [1.82, 2.24) is 19.0 Å². The highest BCUT2D eigenvalue weighted by molar-refractivity contribution is 7.89. The second-order valence-electron chi connectivity index (χ2n) is 5.58. The Bertz CT molecular complexity index is 532.